The van der Waals surface area contributed by atoms with E-state index >= 15 is 0 Å². The molecule has 0 aliphatic carbocycles. The van der Waals surface area contributed by atoms with Gasteiger partial charge in [0.25, 0.3) is 5.91 Å². The highest BCUT2D eigenvalue weighted by atomic mass is 35.5. The lowest BCUT2D eigenvalue weighted by Gasteiger charge is -2.23. The molecule has 1 heterocycles. The zero-order valence-corrected chi connectivity index (χ0v) is 13.4. The molecular formula is C16H23ClN2O2. The molecular weight excluding hydrogens is 288 g/mol. The van der Waals surface area contributed by atoms with Crippen LogP contribution in [0.3, 0.4) is 0 Å². The zero-order valence-electron chi connectivity index (χ0n) is 12.7. The summed E-state index contributed by atoms with van der Waals surface area (Å²) in [6, 6.07) is 5.33. The Morgan fingerprint density at radius 2 is 2.19 bits per heavy atom. The molecule has 1 aliphatic rings. The second kappa shape index (κ2) is 6.67. The van der Waals surface area contributed by atoms with E-state index in [9.17, 15) is 9.90 Å². The monoisotopic (exact) mass is 310 g/mol. The fourth-order valence-corrected chi connectivity index (χ4v) is 2.85. The van der Waals surface area contributed by atoms with Crippen LogP contribution in [-0.2, 0) is 0 Å². The van der Waals surface area contributed by atoms with Crippen LogP contribution >= 0.6 is 11.6 Å². The number of nitrogens with one attached hydrogen (secondary N) is 1. The summed E-state index contributed by atoms with van der Waals surface area (Å²) in [4.78, 5) is 14.6. The van der Waals surface area contributed by atoms with Crippen LogP contribution < -0.4 is 5.32 Å². The lowest BCUT2D eigenvalue weighted by molar-refractivity contribution is 0.0438. The van der Waals surface area contributed by atoms with E-state index in [-0.39, 0.29) is 5.91 Å². The molecule has 5 heteroatoms. The molecule has 4 nitrogen and oxygen atoms in total. The van der Waals surface area contributed by atoms with Gasteiger partial charge in [0.05, 0.1) is 11.2 Å². The minimum atomic E-state index is -0.673. The van der Waals surface area contributed by atoms with Crippen LogP contribution in [0.4, 0.5) is 5.69 Å². The first kappa shape index (κ1) is 16.1. The van der Waals surface area contributed by atoms with Crippen LogP contribution in [0, 0.1) is 0 Å². The molecule has 1 atom stereocenters. The van der Waals surface area contributed by atoms with E-state index in [2.05, 4.69) is 5.32 Å². The highest BCUT2D eigenvalue weighted by Crippen LogP contribution is 2.26. The molecule has 1 unspecified atom stereocenters. The van der Waals surface area contributed by atoms with Crippen LogP contribution in [0.2, 0.25) is 5.02 Å². The number of amides is 1. The highest BCUT2D eigenvalue weighted by Gasteiger charge is 2.28. The van der Waals surface area contributed by atoms with Crippen molar-refractivity contribution < 1.29 is 9.90 Å². The standard InChI is InChI=1S/C16H23ClN2O2/c1-3-18-14-6-5-12(17)11-13(14)15(20)19-9-4-7-16(2,21)8-10-19/h5-6,11,18,21H,3-4,7-10H2,1-2H3. The van der Waals surface area contributed by atoms with Crippen LogP contribution in [0.1, 0.15) is 43.5 Å². The normalized spacial score (nSPS) is 22.8. The minimum absolute atomic E-state index is 0.0221. The Bertz CT molecular complexity index is 517. The fourth-order valence-electron chi connectivity index (χ4n) is 2.67. The number of hydrogen-bond donors (Lipinski definition) is 2. The van der Waals surface area contributed by atoms with Gasteiger partial charge < -0.3 is 15.3 Å². The van der Waals surface area contributed by atoms with Crippen molar-refractivity contribution in [2.24, 2.45) is 0 Å². The largest absolute Gasteiger partial charge is 0.390 e. The van der Waals surface area contributed by atoms with Crippen LogP contribution in [0.25, 0.3) is 0 Å². The molecule has 1 aliphatic heterocycles. The quantitative estimate of drug-likeness (QED) is 0.901. The number of hydrogen-bond acceptors (Lipinski definition) is 3. The maximum absolute atomic E-state index is 12.8. The zero-order chi connectivity index (χ0) is 15.5. The molecule has 0 radical (unpaired) electrons. The Morgan fingerprint density at radius 1 is 1.43 bits per heavy atom. The van der Waals surface area contributed by atoms with Gasteiger partial charge in [-0.1, -0.05) is 11.6 Å². The third-order valence-corrected chi connectivity index (χ3v) is 4.17. The number of anilines is 1. The lowest BCUT2D eigenvalue weighted by atomic mass is 9.98. The molecule has 1 saturated heterocycles. The minimum Gasteiger partial charge on any atom is -0.390 e. The maximum Gasteiger partial charge on any atom is 0.256 e. The predicted molar refractivity (Wildman–Crippen MR) is 86.0 cm³/mol. The van der Waals surface area contributed by atoms with Crippen LogP contribution in [0.15, 0.2) is 18.2 Å². The average Bonchev–Trinajstić information content (AvgIpc) is 2.61. The van der Waals surface area contributed by atoms with Crippen molar-refractivity contribution in [3.05, 3.63) is 28.8 Å². The summed E-state index contributed by atoms with van der Waals surface area (Å²) < 4.78 is 0. The molecule has 1 amide bonds. The number of carbonyl (C=O) groups excluding carboxylic acids is 1. The summed E-state index contributed by atoms with van der Waals surface area (Å²) in [5.41, 5.74) is 0.738. The van der Waals surface area contributed by atoms with Gasteiger partial charge in [0.15, 0.2) is 0 Å². The van der Waals surface area contributed by atoms with Crippen molar-refractivity contribution in [2.45, 2.75) is 38.7 Å². The van der Waals surface area contributed by atoms with Gasteiger partial charge in [0, 0.05) is 30.3 Å². The molecule has 0 bridgehead atoms. The van der Waals surface area contributed by atoms with Crippen LogP contribution in [0.5, 0.6) is 0 Å². The first-order valence-electron chi connectivity index (χ1n) is 7.48. The molecule has 116 valence electrons. The third kappa shape index (κ3) is 4.11. The van der Waals surface area contributed by atoms with Gasteiger partial charge >= 0.3 is 0 Å². The topological polar surface area (TPSA) is 52.6 Å². The second-order valence-corrected chi connectivity index (χ2v) is 6.30. The molecule has 1 aromatic carbocycles. The summed E-state index contributed by atoms with van der Waals surface area (Å²) in [5, 5.41) is 13.9. The van der Waals surface area contributed by atoms with E-state index in [1.54, 1.807) is 12.1 Å². The van der Waals surface area contributed by atoms with Gasteiger partial charge in [0.1, 0.15) is 0 Å². The van der Waals surface area contributed by atoms with E-state index in [4.69, 9.17) is 11.6 Å². The second-order valence-electron chi connectivity index (χ2n) is 5.86. The van der Waals surface area contributed by atoms with Crippen LogP contribution in [-0.4, -0.2) is 41.1 Å². The predicted octanol–water partition coefficient (Wildman–Crippen LogP) is 3.15. The number of benzene rings is 1. The molecule has 0 spiro atoms. The third-order valence-electron chi connectivity index (χ3n) is 3.93. The number of carbonyl (C=O) groups is 1. The van der Waals surface area contributed by atoms with Crippen molar-refractivity contribution in [1.82, 2.24) is 4.90 Å². The van der Waals surface area contributed by atoms with Gasteiger partial charge in [-0.15, -0.1) is 0 Å². The van der Waals surface area contributed by atoms with Crippen molar-refractivity contribution in [3.63, 3.8) is 0 Å². The van der Waals surface area contributed by atoms with Gasteiger partial charge in [-0.05, 0) is 51.3 Å². The maximum atomic E-state index is 12.8. The molecule has 21 heavy (non-hydrogen) atoms. The van der Waals surface area contributed by atoms with Gasteiger partial charge in [-0.3, -0.25) is 4.79 Å². The van der Waals surface area contributed by atoms with E-state index in [1.165, 1.54) is 0 Å². The van der Waals surface area contributed by atoms with Crippen molar-refractivity contribution in [3.8, 4) is 0 Å². The van der Waals surface area contributed by atoms with E-state index in [0.29, 0.717) is 30.1 Å². The SMILES string of the molecule is CCNc1ccc(Cl)cc1C(=O)N1CCCC(C)(O)CC1. The number of halogens is 1. The molecule has 1 aromatic rings. The number of aliphatic hydroxyl groups is 1. The number of rotatable bonds is 3. The summed E-state index contributed by atoms with van der Waals surface area (Å²) in [6.07, 6.45) is 2.15. The number of likely N-dealkylation sites (tertiary alicyclic amines) is 1. The molecule has 0 aromatic heterocycles. The Balaban J connectivity index is 2.21. The molecule has 2 N–H and O–H groups in total. The lowest BCUT2D eigenvalue weighted by Crippen LogP contribution is -2.34. The van der Waals surface area contributed by atoms with Crippen molar-refractivity contribution in [2.75, 3.05) is 25.0 Å². The Hall–Kier alpha value is -1.26. The van der Waals surface area contributed by atoms with E-state index in [0.717, 1.165) is 25.1 Å². The molecule has 0 saturated carbocycles. The smallest absolute Gasteiger partial charge is 0.256 e. The molecule has 2 rings (SSSR count). The van der Waals surface area contributed by atoms with Gasteiger partial charge in [-0.25, -0.2) is 0 Å². The van der Waals surface area contributed by atoms with Crippen molar-refractivity contribution >= 4 is 23.2 Å². The van der Waals surface area contributed by atoms with Crippen molar-refractivity contribution in [1.29, 1.82) is 0 Å². The molecule has 1 fully saturated rings. The summed E-state index contributed by atoms with van der Waals surface area (Å²) in [6.45, 7) is 5.82. The van der Waals surface area contributed by atoms with Gasteiger partial charge in [-0.2, -0.15) is 0 Å². The Kier molecular flexibility index (Phi) is 5.12. The first-order chi connectivity index (χ1) is 9.93. The Morgan fingerprint density at radius 3 is 2.90 bits per heavy atom. The van der Waals surface area contributed by atoms with E-state index in [1.807, 2.05) is 24.8 Å². The first-order valence-corrected chi connectivity index (χ1v) is 7.86. The number of nitrogens with zero attached hydrogens (tertiary/aromatic N) is 1. The van der Waals surface area contributed by atoms with E-state index < -0.39 is 5.60 Å². The summed E-state index contributed by atoms with van der Waals surface area (Å²) in [5.74, 6) is -0.0221. The van der Waals surface area contributed by atoms with Gasteiger partial charge in [0.2, 0.25) is 0 Å². The fraction of sp³-hybridized carbons (Fsp3) is 0.562. The average molecular weight is 311 g/mol. The summed E-state index contributed by atoms with van der Waals surface area (Å²) in [7, 11) is 0. The highest BCUT2D eigenvalue weighted by molar-refractivity contribution is 6.31. The summed E-state index contributed by atoms with van der Waals surface area (Å²) >= 11 is 6.04. The Labute approximate surface area is 131 Å².